The average molecular weight is 385 g/mol. The molecular weight excluding hydrogens is 366 g/mol. The van der Waals surface area contributed by atoms with Crippen molar-refractivity contribution in [2.24, 2.45) is 0 Å². The number of para-hydroxylation sites is 2. The van der Waals surface area contributed by atoms with Crippen LogP contribution in [-0.2, 0) is 6.54 Å². The van der Waals surface area contributed by atoms with Gasteiger partial charge in [-0.05, 0) is 48.6 Å². The fourth-order valence-electron chi connectivity index (χ4n) is 2.49. The number of hydrogen-bond donors (Lipinski definition) is 2. The van der Waals surface area contributed by atoms with Gasteiger partial charge in [0.05, 0.1) is 19.9 Å². The van der Waals surface area contributed by atoms with E-state index in [0.29, 0.717) is 22.7 Å². The molecule has 0 aliphatic carbocycles. The van der Waals surface area contributed by atoms with E-state index in [1.165, 1.54) is 9.36 Å². The number of Topliss-reactive ketones (excluding diaryl/α,β-unsaturated/α-hetero) is 1. The standard InChI is InChI=1S/C18H19N5O3S/c1-25-13-9-7-12(8-10-13)15(24)11-22-18(27)23(17(19)21-22)20-14-5-3-4-6-16(14)26-2/h3-10,20H,11H2,1-2H3,(H2,19,21). The first-order chi connectivity index (χ1) is 13.0. The van der Waals surface area contributed by atoms with E-state index < -0.39 is 0 Å². The van der Waals surface area contributed by atoms with Gasteiger partial charge in [0.1, 0.15) is 18.0 Å². The number of ketones is 1. The summed E-state index contributed by atoms with van der Waals surface area (Å²) in [7, 11) is 3.14. The molecule has 0 bridgehead atoms. The molecule has 0 amide bonds. The van der Waals surface area contributed by atoms with Gasteiger partial charge in [-0.2, -0.15) is 4.68 Å². The zero-order valence-electron chi connectivity index (χ0n) is 14.9. The molecule has 140 valence electrons. The Hall–Kier alpha value is -3.33. The van der Waals surface area contributed by atoms with E-state index in [-0.39, 0.29) is 23.0 Å². The first kappa shape index (κ1) is 18.5. The number of carbonyl (C=O) groups is 1. The summed E-state index contributed by atoms with van der Waals surface area (Å²) in [5.74, 6) is 1.29. The molecule has 3 rings (SSSR count). The molecule has 3 N–H and O–H groups in total. The summed E-state index contributed by atoms with van der Waals surface area (Å²) in [6, 6.07) is 14.2. The van der Waals surface area contributed by atoms with Crippen LogP contribution in [0.15, 0.2) is 48.5 Å². The Labute approximate surface area is 161 Å². The molecule has 0 saturated heterocycles. The van der Waals surface area contributed by atoms with Crippen molar-refractivity contribution in [1.82, 2.24) is 14.5 Å². The summed E-state index contributed by atoms with van der Waals surface area (Å²) < 4.78 is 13.5. The van der Waals surface area contributed by atoms with Gasteiger partial charge in [-0.15, -0.1) is 5.10 Å². The lowest BCUT2D eigenvalue weighted by Gasteiger charge is -2.11. The van der Waals surface area contributed by atoms with E-state index in [4.69, 9.17) is 27.4 Å². The van der Waals surface area contributed by atoms with Crippen molar-refractivity contribution in [1.29, 1.82) is 0 Å². The topological polar surface area (TPSA) is 96.3 Å². The molecule has 27 heavy (non-hydrogen) atoms. The van der Waals surface area contributed by atoms with Crippen LogP contribution >= 0.6 is 12.2 Å². The van der Waals surface area contributed by atoms with Crippen LogP contribution < -0.4 is 20.6 Å². The molecule has 0 saturated carbocycles. The Balaban J connectivity index is 1.82. The Morgan fingerprint density at radius 3 is 2.52 bits per heavy atom. The third-order valence-corrected chi connectivity index (χ3v) is 4.30. The van der Waals surface area contributed by atoms with Gasteiger partial charge in [0.15, 0.2) is 5.78 Å². The molecule has 1 heterocycles. The monoisotopic (exact) mass is 385 g/mol. The predicted molar refractivity (Wildman–Crippen MR) is 105 cm³/mol. The highest BCUT2D eigenvalue weighted by atomic mass is 32.1. The maximum atomic E-state index is 12.5. The molecule has 0 fully saturated rings. The minimum Gasteiger partial charge on any atom is -0.497 e. The zero-order valence-corrected chi connectivity index (χ0v) is 15.7. The van der Waals surface area contributed by atoms with Crippen molar-refractivity contribution in [2.75, 3.05) is 25.4 Å². The van der Waals surface area contributed by atoms with Gasteiger partial charge in [-0.3, -0.25) is 10.2 Å². The SMILES string of the molecule is COc1ccc(C(=O)Cn2nc(N)n(Nc3ccccc3OC)c2=S)cc1. The summed E-state index contributed by atoms with van der Waals surface area (Å²) in [5.41, 5.74) is 10.2. The number of nitrogens with one attached hydrogen (secondary N) is 1. The van der Waals surface area contributed by atoms with E-state index in [2.05, 4.69) is 10.5 Å². The first-order valence-corrected chi connectivity index (χ1v) is 8.47. The summed E-state index contributed by atoms with van der Waals surface area (Å²) in [4.78, 5) is 12.5. The number of nitrogens with zero attached hydrogens (tertiary/aromatic N) is 3. The van der Waals surface area contributed by atoms with Gasteiger partial charge in [0, 0.05) is 5.56 Å². The molecule has 9 heteroatoms. The van der Waals surface area contributed by atoms with Gasteiger partial charge < -0.3 is 15.2 Å². The fourth-order valence-corrected chi connectivity index (χ4v) is 2.74. The number of ether oxygens (including phenoxy) is 2. The van der Waals surface area contributed by atoms with Crippen LogP contribution in [0.1, 0.15) is 10.4 Å². The second kappa shape index (κ2) is 7.92. The molecule has 0 unspecified atom stereocenters. The van der Waals surface area contributed by atoms with Crippen molar-refractivity contribution in [3.8, 4) is 11.5 Å². The molecule has 0 radical (unpaired) electrons. The Morgan fingerprint density at radius 1 is 1.15 bits per heavy atom. The normalized spacial score (nSPS) is 10.4. The summed E-state index contributed by atoms with van der Waals surface area (Å²) >= 11 is 5.41. The van der Waals surface area contributed by atoms with Gasteiger partial charge in [-0.1, -0.05) is 12.1 Å². The Bertz CT molecular complexity index is 1010. The molecular formula is C18H19N5O3S. The molecule has 1 aromatic heterocycles. The van der Waals surface area contributed by atoms with Crippen LogP contribution in [0.2, 0.25) is 0 Å². The highest BCUT2D eigenvalue weighted by Gasteiger charge is 2.14. The van der Waals surface area contributed by atoms with Crippen molar-refractivity contribution in [3.63, 3.8) is 0 Å². The number of hydrogen-bond acceptors (Lipinski definition) is 7. The third-order valence-electron chi connectivity index (χ3n) is 3.91. The molecule has 0 spiro atoms. The van der Waals surface area contributed by atoms with Crippen LogP contribution in [0.3, 0.4) is 0 Å². The second-order valence-corrected chi connectivity index (χ2v) is 5.96. The van der Waals surface area contributed by atoms with E-state index in [9.17, 15) is 4.79 Å². The first-order valence-electron chi connectivity index (χ1n) is 8.06. The van der Waals surface area contributed by atoms with Crippen LogP contribution in [0.5, 0.6) is 11.5 Å². The number of methoxy groups -OCH3 is 2. The van der Waals surface area contributed by atoms with Crippen molar-refractivity contribution in [2.45, 2.75) is 6.54 Å². The van der Waals surface area contributed by atoms with Crippen LogP contribution in [0.4, 0.5) is 11.6 Å². The van der Waals surface area contributed by atoms with Crippen LogP contribution in [0, 0.1) is 4.77 Å². The van der Waals surface area contributed by atoms with Crippen LogP contribution in [-0.4, -0.2) is 34.5 Å². The minimum absolute atomic E-state index is 0.0318. The Kier molecular flexibility index (Phi) is 5.41. The van der Waals surface area contributed by atoms with Crippen molar-refractivity contribution >= 4 is 29.6 Å². The highest BCUT2D eigenvalue weighted by molar-refractivity contribution is 7.71. The minimum atomic E-state index is -0.143. The van der Waals surface area contributed by atoms with Crippen LogP contribution in [0.25, 0.3) is 0 Å². The largest absolute Gasteiger partial charge is 0.497 e. The Morgan fingerprint density at radius 2 is 1.85 bits per heavy atom. The maximum absolute atomic E-state index is 12.5. The lowest BCUT2D eigenvalue weighted by Crippen LogP contribution is -2.15. The van der Waals surface area contributed by atoms with Gasteiger partial charge >= 0.3 is 0 Å². The van der Waals surface area contributed by atoms with Gasteiger partial charge in [0.2, 0.25) is 10.7 Å². The smallest absolute Gasteiger partial charge is 0.240 e. The number of rotatable bonds is 7. The maximum Gasteiger partial charge on any atom is 0.240 e. The molecule has 8 nitrogen and oxygen atoms in total. The van der Waals surface area contributed by atoms with E-state index in [1.54, 1.807) is 44.6 Å². The number of nitrogens with two attached hydrogens (primary N) is 1. The number of aromatic nitrogens is 3. The molecule has 0 atom stereocenters. The summed E-state index contributed by atoms with van der Waals surface area (Å²) in [5, 5.41) is 4.17. The highest BCUT2D eigenvalue weighted by Crippen LogP contribution is 2.24. The van der Waals surface area contributed by atoms with Crippen molar-refractivity contribution < 1.29 is 14.3 Å². The third kappa shape index (κ3) is 3.93. The summed E-state index contributed by atoms with van der Waals surface area (Å²) in [6.07, 6.45) is 0. The number of anilines is 2. The molecule has 0 aliphatic rings. The zero-order chi connectivity index (χ0) is 19.4. The fraction of sp³-hybridized carbons (Fsp3) is 0.167. The lowest BCUT2D eigenvalue weighted by atomic mass is 10.1. The van der Waals surface area contributed by atoms with E-state index in [1.807, 2.05) is 18.2 Å². The number of carbonyl (C=O) groups excluding carboxylic acids is 1. The van der Waals surface area contributed by atoms with Gasteiger partial charge in [-0.25, -0.2) is 4.68 Å². The quantitative estimate of drug-likeness (QED) is 0.477. The lowest BCUT2D eigenvalue weighted by molar-refractivity contribution is 0.0967. The predicted octanol–water partition coefficient (Wildman–Crippen LogP) is 2.77. The molecule has 3 aromatic rings. The van der Waals surface area contributed by atoms with Gasteiger partial charge in [0.25, 0.3) is 0 Å². The average Bonchev–Trinajstić information content (AvgIpc) is 2.95. The second-order valence-electron chi connectivity index (χ2n) is 5.60. The van der Waals surface area contributed by atoms with Crippen molar-refractivity contribution in [3.05, 3.63) is 58.9 Å². The molecule has 0 aliphatic heterocycles. The molecule has 2 aromatic carbocycles. The van der Waals surface area contributed by atoms with E-state index >= 15 is 0 Å². The number of nitrogen functional groups attached to an aromatic ring is 1. The number of benzene rings is 2. The van der Waals surface area contributed by atoms with E-state index in [0.717, 1.165) is 0 Å². The summed E-state index contributed by atoms with van der Waals surface area (Å²) in [6.45, 7) is -0.0318.